The van der Waals surface area contributed by atoms with Gasteiger partial charge in [0, 0.05) is 30.4 Å². The third-order valence-corrected chi connectivity index (χ3v) is 6.76. The number of imidazole rings is 1. The maximum Gasteiger partial charge on any atom is 0.241 e. The van der Waals surface area contributed by atoms with Crippen molar-refractivity contribution in [2.45, 2.75) is 32.9 Å². The van der Waals surface area contributed by atoms with Crippen molar-refractivity contribution in [2.24, 2.45) is 5.92 Å². The number of halogens is 1. The lowest BCUT2D eigenvalue weighted by Gasteiger charge is -2.30. The maximum absolute atomic E-state index is 12.9. The van der Waals surface area contributed by atoms with Gasteiger partial charge in [-0.1, -0.05) is 47.1 Å². The van der Waals surface area contributed by atoms with Crippen LogP contribution in [0.3, 0.4) is 0 Å². The van der Waals surface area contributed by atoms with Gasteiger partial charge in [0.1, 0.15) is 5.82 Å². The van der Waals surface area contributed by atoms with Gasteiger partial charge in [0.15, 0.2) is 0 Å². The summed E-state index contributed by atoms with van der Waals surface area (Å²) in [4.78, 5) is 23.9. The van der Waals surface area contributed by atoms with E-state index < -0.39 is 0 Å². The number of hydrogen-bond donors (Lipinski definition) is 1. The van der Waals surface area contributed by atoms with Crippen LogP contribution < -0.4 is 5.32 Å². The standard InChI is InChI=1S/C26H27ClN6O2/c1-18-28-12-15-33(18)23-9-5-2-6-20(23)16-29-26(34)19-10-13-32(14-11-19)17-24-30-25(31-35-24)21-7-3-4-8-22(21)27/h2-9,12,15,19H,10-11,13-14,16-17H2,1H3,(H,29,34). The number of aryl methyl sites for hydroxylation is 1. The molecule has 0 radical (unpaired) electrons. The van der Waals surface area contributed by atoms with Crippen LogP contribution in [0.1, 0.15) is 30.1 Å². The molecule has 1 amide bonds. The zero-order chi connectivity index (χ0) is 24.2. The second kappa shape index (κ2) is 10.4. The zero-order valence-electron chi connectivity index (χ0n) is 19.5. The van der Waals surface area contributed by atoms with Crippen molar-refractivity contribution in [3.63, 3.8) is 0 Å². The number of nitrogens with one attached hydrogen (secondary N) is 1. The molecule has 1 aliphatic heterocycles. The van der Waals surface area contributed by atoms with Crippen LogP contribution in [0.4, 0.5) is 0 Å². The first-order valence-corrected chi connectivity index (χ1v) is 12.1. The number of amides is 1. The van der Waals surface area contributed by atoms with Crippen molar-refractivity contribution >= 4 is 17.5 Å². The van der Waals surface area contributed by atoms with Gasteiger partial charge in [0.05, 0.1) is 17.3 Å². The largest absolute Gasteiger partial charge is 0.352 e. The Morgan fingerprint density at radius 2 is 1.91 bits per heavy atom. The minimum absolute atomic E-state index is 0.00485. The lowest BCUT2D eigenvalue weighted by Crippen LogP contribution is -2.40. The Bertz CT molecular complexity index is 1310. The average molecular weight is 491 g/mol. The van der Waals surface area contributed by atoms with E-state index >= 15 is 0 Å². The first-order valence-electron chi connectivity index (χ1n) is 11.7. The molecule has 0 atom stereocenters. The fourth-order valence-corrected chi connectivity index (χ4v) is 4.69. The van der Waals surface area contributed by atoms with Gasteiger partial charge in [-0.05, 0) is 56.6 Å². The van der Waals surface area contributed by atoms with Crippen LogP contribution in [0, 0.1) is 12.8 Å². The molecule has 1 fully saturated rings. The normalized spacial score (nSPS) is 14.8. The Morgan fingerprint density at radius 1 is 1.14 bits per heavy atom. The van der Waals surface area contributed by atoms with Crippen molar-refractivity contribution in [1.29, 1.82) is 0 Å². The SMILES string of the molecule is Cc1nccn1-c1ccccc1CNC(=O)C1CCN(Cc2nc(-c3ccccc3Cl)no2)CC1. The van der Waals surface area contributed by atoms with Gasteiger partial charge >= 0.3 is 0 Å². The number of benzene rings is 2. The van der Waals surface area contributed by atoms with Crippen LogP contribution in [0.2, 0.25) is 5.02 Å². The number of likely N-dealkylation sites (tertiary alicyclic amines) is 1. The van der Waals surface area contributed by atoms with E-state index in [1.165, 1.54) is 0 Å². The lowest BCUT2D eigenvalue weighted by atomic mass is 9.96. The van der Waals surface area contributed by atoms with E-state index in [-0.39, 0.29) is 11.8 Å². The molecule has 4 aromatic rings. The maximum atomic E-state index is 12.9. The molecule has 180 valence electrons. The summed E-state index contributed by atoms with van der Waals surface area (Å²) >= 11 is 6.24. The molecule has 5 rings (SSSR count). The molecule has 0 spiro atoms. The van der Waals surface area contributed by atoms with Crippen LogP contribution in [0.5, 0.6) is 0 Å². The molecular formula is C26H27ClN6O2. The van der Waals surface area contributed by atoms with E-state index in [4.69, 9.17) is 16.1 Å². The third-order valence-electron chi connectivity index (χ3n) is 6.43. The Balaban J connectivity index is 1.13. The third kappa shape index (κ3) is 5.28. The molecule has 35 heavy (non-hydrogen) atoms. The van der Waals surface area contributed by atoms with E-state index in [0.717, 1.165) is 48.6 Å². The monoisotopic (exact) mass is 490 g/mol. The summed E-state index contributed by atoms with van der Waals surface area (Å²) in [6.07, 6.45) is 5.30. The number of aromatic nitrogens is 4. The number of rotatable bonds is 7. The van der Waals surface area contributed by atoms with Gasteiger partial charge < -0.3 is 14.4 Å². The van der Waals surface area contributed by atoms with Crippen LogP contribution in [-0.2, 0) is 17.9 Å². The van der Waals surface area contributed by atoms with Gasteiger partial charge in [-0.15, -0.1) is 0 Å². The van der Waals surface area contributed by atoms with Gasteiger partial charge in [-0.25, -0.2) is 4.98 Å². The molecule has 2 aromatic heterocycles. The summed E-state index contributed by atoms with van der Waals surface area (Å²) in [5, 5.41) is 7.80. The molecule has 0 aliphatic carbocycles. The molecule has 9 heteroatoms. The first-order chi connectivity index (χ1) is 17.1. The van der Waals surface area contributed by atoms with Crippen molar-refractivity contribution in [3.8, 4) is 17.1 Å². The number of piperidine rings is 1. The van der Waals surface area contributed by atoms with Crippen molar-refractivity contribution in [3.05, 3.63) is 83.2 Å². The highest BCUT2D eigenvalue weighted by atomic mass is 35.5. The van der Waals surface area contributed by atoms with E-state index in [9.17, 15) is 4.79 Å². The van der Waals surface area contributed by atoms with Gasteiger partial charge in [0.25, 0.3) is 0 Å². The molecule has 0 bridgehead atoms. The number of carbonyl (C=O) groups excluding carboxylic acids is 1. The highest BCUT2D eigenvalue weighted by molar-refractivity contribution is 6.33. The van der Waals surface area contributed by atoms with Crippen LogP contribution in [-0.4, -0.2) is 43.6 Å². The molecule has 0 unspecified atom stereocenters. The zero-order valence-corrected chi connectivity index (χ0v) is 20.3. The van der Waals surface area contributed by atoms with Crippen LogP contribution in [0.25, 0.3) is 17.1 Å². The minimum atomic E-state index is -0.00485. The Labute approximate surface area is 208 Å². The van der Waals surface area contributed by atoms with Crippen LogP contribution in [0.15, 0.2) is 65.4 Å². The summed E-state index contributed by atoms with van der Waals surface area (Å²) < 4.78 is 7.48. The van der Waals surface area contributed by atoms with Gasteiger partial charge in [0.2, 0.25) is 17.6 Å². The molecule has 3 heterocycles. The number of hydrogen-bond acceptors (Lipinski definition) is 6. The summed E-state index contributed by atoms with van der Waals surface area (Å²) in [5.41, 5.74) is 2.85. The Morgan fingerprint density at radius 3 is 2.69 bits per heavy atom. The predicted octanol–water partition coefficient (Wildman–Crippen LogP) is 4.41. The molecule has 1 saturated heterocycles. The summed E-state index contributed by atoms with van der Waals surface area (Å²) in [5.74, 6) is 2.05. The van der Waals surface area contributed by atoms with Crippen molar-refractivity contribution in [1.82, 2.24) is 29.9 Å². The average Bonchev–Trinajstić information content (AvgIpc) is 3.52. The van der Waals surface area contributed by atoms with Gasteiger partial charge in [-0.2, -0.15) is 4.98 Å². The fraction of sp³-hybridized carbons (Fsp3) is 0.308. The van der Waals surface area contributed by atoms with E-state index in [1.807, 2.05) is 60.2 Å². The molecule has 1 N–H and O–H groups in total. The lowest BCUT2D eigenvalue weighted by molar-refractivity contribution is -0.126. The van der Waals surface area contributed by atoms with Gasteiger partial charge in [-0.3, -0.25) is 9.69 Å². The quantitative estimate of drug-likeness (QED) is 0.412. The molecular weight excluding hydrogens is 464 g/mol. The van der Waals surface area contributed by atoms with Crippen LogP contribution >= 0.6 is 11.6 Å². The Hall–Kier alpha value is -3.49. The number of carbonyl (C=O) groups is 1. The number of nitrogens with zero attached hydrogens (tertiary/aromatic N) is 5. The Kier molecular flexibility index (Phi) is 6.92. The highest BCUT2D eigenvalue weighted by Gasteiger charge is 2.26. The van der Waals surface area contributed by atoms with E-state index in [2.05, 4.69) is 25.3 Å². The molecule has 8 nitrogen and oxygen atoms in total. The number of para-hydroxylation sites is 1. The first kappa shape index (κ1) is 23.3. The molecule has 0 saturated carbocycles. The predicted molar refractivity (Wildman–Crippen MR) is 133 cm³/mol. The highest BCUT2D eigenvalue weighted by Crippen LogP contribution is 2.26. The minimum Gasteiger partial charge on any atom is -0.352 e. The second-order valence-corrected chi connectivity index (χ2v) is 9.14. The summed E-state index contributed by atoms with van der Waals surface area (Å²) in [7, 11) is 0. The summed E-state index contributed by atoms with van der Waals surface area (Å²) in [6.45, 7) is 4.61. The van der Waals surface area contributed by atoms with Crippen molar-refractivity contribution in [2.75, 3.05) is 13.1 Å². The molecule has 1 aliphatic rings. The topological polar surface area (TPSA) is 89.1 Å². The van der Waals surface area contributed by atoms with Crippen molar-refractivity contribution < 1.29 is 9.32 Å². The summed E-state index contributed by atoms with van der Waals surface area (Å²) in [6, 6.07) is 15.5. The van der Waals surface area contributed by atoms with E-state index in [1.54, 1.807) is 12.3 Å². The smallest absolute Gasteiger partial charge is 0.241 e. The fourth-order valence-electron chi connectivity index (χ4n) is 4.47. The molecule has 2 aromatic carbocycles. The van der Waals surface area contributed by atoms with E-state index in [0.29, 0.717) is 29.8 Å². The second-order valence-electron chi connectivity index (χ2n) is 8.73.